The molecule has 0 bridgehead atoms. The Morgan fingerprint density at radius 1 is 0.769 bits per heavy atom. The number of benzene rings is 5. The van der Waals surface area contributed by atoms with Gasteiger partial charge in [0.1, 0.15) is 12.1 Å². The number of carbonyl (C=O) groups is 1. The van der Waals surface area contributed by atoms with E-state index in [1.54, 1.807) is 0 Å². The summed E-state index contributed by atoms with van der Waals surface area (Å²) < 4.78 is 0. The van der Waals surface area contributed by atoms with Gasteiger partial charge in [0.25, 0.3) is 0 Å². The number of H-pyrrole nitrogens is 1. The number of rotatable bonds is 4. The summed E-state index contributed by atoms with van der Waals surface area (Å²) in [6, 6.07) is 41.8. The van der Waals surface area contributed by atoms with E-state index in [1.807, 2.05) is 12.1 Å². The number of aromatic amines is 1. The van der Waals surface area contributed by atoms with Crippen molar-refractivity contribution in [2.24, 2.45) is 15.4 Å². The normalized spacial score (nSPS) is 28.1. The zero-order valence-corrected chi connectivity index (χ0v) is 29.4. The topological polar surface area (TPSA) is 81.6 Å². The number of ketones is 1. The van der Waals surface area contributed by atoms with Crippen molar-refractivity contribution in [3.63, 3.8) is 0 Å². The van der Waals surface area contributed by atoms with Crippen LogP contribution < -0.4 is 21.3 Å². The van der Waals surface area contributed by atoms with Crippen LogP contribution in [0, 0.1) is 19.3 Å². The van der Waals surface area contributed by atoms with Crippen LogP contribution in [0.25, 0.3) is 17.0 Å². The van der Waals surface area contributed by atoms with Crippen molar-refractivity contribution in [3.05, 3.63) is 183 Å². The fraction of sp³-hybridized carbons (Fsp3) is 0.239. The molecule has 3 N–H and O–H groups in total. The molecule has 2 fully saturated rings. The molecule has 6 unspecified atom stereocenters. The number of aromatic nitrogens is 1. The summed E-state index contributed by atoms with van der Waals surface area (Å²) in [4.78, 5) is 30.8. The molecule has 5 aromatic carbocycles. The molecule has 256 valence electrons. The third-order valence-electron chi connectivity index (χ3n) is 12.5. The molecule has 1 aliphatic carbocycles. The van der Waals surface area contributed by atoms with E-state index in [2.05, 4.69) is 151 Å². The lowest BCUT2D eigenvalue weighted by molar-refractivity contribution is -0.131. The minimum Gasteiger partial charge on any atom is -0.361 e. The minimum absolute atomic E-state index is 0.0944. The lowest BCUT2D eigenvalue weighted by atomic mass is 9.54. The summed E-state index contributed by atoms with van der Waals surface area (Å²) in [7, 11) is 0. The van der Waals surface area contributed by atoms with Crippen molar-refractivity contribution in [2.45, 2.75) is 49.9 Å². The van der Waals surface area contributed by atoms with Gasteiger partial charge < -0.3 is 15.6 Å². The summed E-state index contributed by atoms with van der Waals surface area (Å²) in [5, 5.41) is 11.2. The second-order valence-electron chi connectivity index (χ2n) is 15.1. The number of hydrogen-bond acceptors (Lipinski definition) is 5. The van der Waals surface area contributed by atoms with Crippen LogP contribution in [-0.2, 0) is 16.8 Å². The predicted octanol–water partition coefficient (Wildman–Crippen LogP) is 6.60. The molecule has 0 radical (unpaired) electrons. The van der Waals surface area contributed by atoms with Crippen molar-refractivity contribution < 1.29 is 4.79 Å². The van der Waals surface area contributed by atoms with Crippen LogP contribution in [0.15, 0.2) is 143 Å². The van der Waals surface area contributed by atoms with Crippen LogP contribution in [0.4, 0.5) is 0 Å². The molecule has 10 rings (SSSR count). The molecule has 0 saturated carbocycles. The van der Waals surface area contributed by atoms with Gasteiger partial charge in [-0.05, 0) is 83.5 Å². The Bertz CT molecular complexity index is 2570. The van der Waals surface area contributed by atoms with Gasteiger partial charge in [0.15, 0.2) is 5.78 Å². The van der Waals surface area contributed by atoms with E-state index >= 15 is 4.79 Å². The second-order valence-corrected chi connectivity index (χ2v) is 15.1. The molecular formula is C46H41N5O. The van der Waals surface area contributed by atoms with E-state index in [4.69, 9.17) is 9.98 Å². The van der Waals surface area contributed by atoms with Gasteiger partial charge in [-0.15, -0.1) is 0 Å². The first kappa shape index (κ1) is 31.3. The number of nitrogens with one attached hydrogen (secondary N) is 3. The molecule has 3 aliphatic heterocycles. The standard InChI is InChI=1S/C46H41N5O/c1-28-13-3-5-15-30(28)23-32-25-47-27-45(44(32)52)41(33-16-6-4-14-29(33)2)40(24-31-26-48-37-20-10-8-17-34(31)37)51-46(45)36-19-9-7-18-35(36)42-43(46)50-39-22-12-11-21-38(39)49-42/h3-23,26,40-43,47-48,51H,24-25,27H2,1-2H3/b32-23+. The molecule has 2 spiro atoms. The van der Waals surface area contributed by atoms with Crippen LogP contribution in [0.3, 0.4) is 0 Å². The van der Waals surface area contributed by atoms with E-state index in [1.165, 1.54) is 22.1 Å². The molecule has 0 amide bonds. The molecule has 6 aromatic rings. The number of carbonyl (C=O) groups excluding carboxylic acids is 1. The van der Waals surface area contributed by atoms with Gasteiger partial charge in [-0.2, -0.15) is 0 Å². The zero-order chi connectivity index (χ0) is 35.0. The highest BCUT2D eigenvalue weighted by molar-refractivity contribution is 6.07. The van der Waals surface area contributed by atoms with E-state index in [0.29, 0.717) is 13.1 Å². The quantitative estimate of drug-likeness (QED) is 0.184. The fourth-order valence-corrected chi connectivity index (χ4v) is 10.3. The van der Waals surface area contributed by atoms with E-state index in [9.17, 15) is 0 Å². The molecule has 52 heavy (non-hydrogen) atoms. The summed E-state index contributed by atoms with van der Waals surface area (Å²) in [5.74, 6) is 0.0169. The highest BCUT2D eigenvalue weighted by Crippen LogP contribution is 2.66. The lowest BCUT2D eigenvalue weighted by Crippen LogP contribution is -2.66. The van der Waals surface area contributed by atoms with Crippen molar-refractivity contribution in [1.29, 1.82) is 0 Å². The molecule has 4 heterocycles. The van der Waals surface area contributed by atoms with E-state index in [-0.39, 0.29) is 29.8 Å². The smallest absolute Gasteiger partial charge is 0.170 e. The summed E-state index contributed by atoms with van der Waals surface area (Å²) in [5.41, 5.74) is 8.28. The largest absolute Gasteiger partial charge is 0.361 e. The van der Waals surface area contributed by atoms with Crippen LogP contribution >= 0.6 is 0 Å². The summed E-state index contributed by atoms with van der Waals surface area (Å²) >= 11 is 0. The first-order valence-corrected chi connectivity index (χ1v) is 18.5. The molecule has 1 aromatic heterocycles. The van der Waals surface area contributed by atoms with Crippen molar-refractivity contribution in [1.82, 2.24) is 15.6 Å². The number of Topliss-reactive ketones (excluding diaryl/α,β-unsaturated/α-hetero) is 1. The molecule has 6 atom stereocenters. The van der Waals surface area contributed by atoms with Crippen molar-refractivity contribution in [2.75, 3.05) is 13.1 Å². The molecule has 2 saturated heterocycles. The van der Waals surface area contributed by atoms with Gasteiger partial charge in [0, 0.05) is 47.7 Å². The van der Waals surface area contributed by atoms with Gasteiger partial charge in [-0.25, -0.2) is 0 Å². The second kappa shape index (κ2) is 11.8. The maximum absolute atomic E-state index is 16.2. The zero-order valence-electron chi connectivity index (χ0n) is 29.4. The summed E-state index contributed by atoms with van der Waals surface area (Å²) in [6.45, 7) is 5.34. The van der Waals surface area contributed by atoms with E-state index < -0.39 is 11.0 Å². The van der Waals surface area contributed by atoms with Crippen molar-refractivity contribution in [3.8, 4) is 0 Å². The van der Waals surface area contributed by atoms with Gasteiger partial charge in [0.05, 0.1) is 21.7 Å². The number of hydrogen-bond donors (Lipinski definition) is 3. The van der Waals surface area contributed by atoms with Crippen molar-refractivity contribution >= 4 is 22.8 Å². The Hall–Kier alpha value is -5.43. The fourth-order valence-electron chi connectivity index (χ4n) is 10.3. The first-order valence-electron chi connectivity index (χ1n) is 18.5. The number of para-hydroxylation sites is 3. The average Bonchev–Trinajstić information content (AvgIpc) is 3.80. The van der Waals surface area contributed by atoms with Gasteiger partial charge >= 0.3 is 0 Å². The van der Waals surface area contributed by atoms with Gasteiger partial charge in [-0.3, -0.25) is 14.8 Å². The maximum atomic E-state index is 16.2. The Balaban J connectivity index is 1.28. The Kier molecular flexibility index (Phi) is 7.11. The van der Waals surface area contributed by atoms with E-state index in [0.717, 1.165) is 50.5 Å². The molecule has 6 heteroatoms. The summed E-state index contributed by atoms with van der Waals surface area (Å²) in [6.07, 6.45) is 5.03. The minimum atomic E-state index is -0.941. The third kappa shape index (κ3) is 4.34. The SMILES string of the molecule is Cc1ccccc1/C=C1\CNCC2(C1=O)C(c1ccccc1C)C(Cc1c[nH]c3ccccc13)NC21c2ccccc2C2N=c3ccccc3=NC21. The van der Waals surface area contributed by atoms with Crippen LogP contribution in [-0.4, -0.2) is 35.9 Å². The lowest BCUT2D eigenvalue weighted by Gasteiger charge is -2.51. The number of fused-ring (bicyclic) bond motifs is 8. The number of nitrogens with zero attached hydrogens (tertiary/aromatic N) is 2. The number of piperidine rings is 1. The Labute approximate surface area is 303 Å². The highest BCUT2D eigenvalue weighted by Gasteiger charge is 2.75. The highest BCUT2D eigenvalue weighted by atomic mass is 16.1. The Morgan fingerprint density at radius 2 is 1.46 bits per heavy atom. The van der Waals surface area contributed by atoms with Gasteiger partial charge in [-0.1, -0.05) is 103 Å². The van der Waals surface area contributed by atoms with Gasteiger partial charge in [0.2, 0.25) is 0 Å². The van der Waals surface area contributed by atoms with Crippen LogP contribution in [0.5, 0.6) is 0 Å². The molecule has 6 nitrogen and oxygen atoms in total. The van der Waals surface area contributed by atoms with Crippen LogP contribution in [0.1, 0.15) is 50.9 Å². The van der Waals surface area contributed by atoms with Crippen LogP contribution in [0.2, 0.25) is 0 Å². The average molecular weight is 680 g/mol. The predicted molar refractivity (Wildman–Crippen MR) is 206 cm³/mol. The third-order valence-corrected chi connectivity index (χ3v) is 12.5. The first-order chi connectivity index (χ1) is 25.5. The Morgan fingerprint density at radius 3 is 2.29 bits per heavy atom. The maximum Gasteiger partial charge on any atom is 0.170 e. The molecule has 4 aliphatic rings. The number of aryl methyl sites for hydroxylation is 2. The molecular weight excluding hydrogens is 639 g/mol. The monoisotopic (exact) mass is 679 g/mol.